The number of anilines is 1. The van der Waals surface area contributed by atoms with Crippen molar-refractivity contribution in [3.63, 3.8) is 0 Å². The summed E-state index contributed by atoms with van der Waals surface area (Å²) in [5.41, 5.74) is 1.18. The molecule has 0 aliphatic carbocycles. The third-order valence-electron chi connectivity index (χ3n) is 6.68. The molecular weight excluding hydrogens is 593 g/mol. The van der Waals surface area contributed by atoms with E-state index in [9.17, 15) is 18.0 Å². The summed E-state index contributed by atoms with van der Waals surface area (Å²) in [5.74, 6) is -1.01. The molecular formula is C29H32Cl3N3O4S. The van der Waals surface area contributed by atoms with E-state index in [1.807, 2.05) is 13.8 Å². The van der Waals surface area contributed by atoms with Gasteiger partial charge < -0.3 is 10.2 Å². The van der Waals surface area contributed by atoms with Crippen LogP contribution in [0.2, 0.25) is 15.1 Å². The zero-order valence-corrected chi connectivity index (χ0v) is 25.8. The summed E-state index contributed by atoms with van der Waals surface area (Å²) < 4.78 is 28.8. The second-order valence-corrected chi connectivity index (χ2v) is 12.5. The van der Waals surface area contributed by atoms with Crippen LogP contribution in [-0.4, -0.2) is 43.8 Å². The van der Waals surface area contributed by atoms with E-state index in [4.69, 9.17) is 34.8 Å². The number of halogens is 3. The average Bonchev–Trinajstić information content (AvgIpc) is 2.93. The van der Waals surface area contributed by atoms with E-state index in [-0.39, 0.29) is 29.1 Å². The lowest BCUT2D eigenvalue weighted by Gasteiger charge is -2.33. The highest BCUT2D eigenvalue weighted by Gasteiger charge is 2.34. The van der Waals surface area contributed by atoms with Crippen LogP contribution in [0.4, 0.5) is 5.69 Å². The predicted molar refractivity (Wildman–Crippen MR) is 162 cm³/mol. The highest BCUT2D eigenvalue weighted by Crippen LogP contribution is 2.32. The molecule has 0 saturated heterocycles. The van der Waals surface area contributed by atoms with Crippen LogP contribution in [0.15, 0.2) is 71.6 Å². The van der Waals surface area contributed by atoms with Crippen molar-refractivity contribution in [3.8, 4) is 0 Å². The maximum absolute atomic E-state index is 14.1. The van der Waals surface area contributed by atoms with Crippen LogP contribution in [0.5, 0.6) is 0 Å². The number of amides is 2. The van der Waals surface area contributed by atoms with Crippen molar-refractivity contribution in [2.45, 2.75) is 57.6 Å². The van der Waals surface area contributed by atoms with Crippen molar-refractivity contribution in [3.05, 3.63) is 92.9 Å². The molecule has 3 aromatic carbocycles. The van der Waals surface area contributed by atoms with E-state index in [1.165, 1.54) is 17.0 Å². The minimum atomic E-state index is -4.21. The molecule has 11 heteroatoms. The van der Waals surface area contributed by atoms with Crippen LogP contribution in [0.25, 0.3) is 0 Å². The van der Waals surface area contributed by atoms with Crippen molar-refractivity contribution in [2.24, 2.45) is 0 Å². The molecule has 2 amide bonds. The van der Waals surface area contributed by atoms with Gasteiger partial charge in [-0.25, -0.2) is 8.42 Å². The molecule has 214 valence electrons. The first-order chi connectivity index (χ1) is 18.9. The Morgan fingerprint density at radius 1 is 0.875 bits per heavy atom. The Balaban J connectivity index is 2.10. The Morgan fingerprint density at radius 2 is 1.45 bits per heavy atom. The second-order valence-electron chi connectivity index (χ2n) is 9.42. The molecule has 1 N–H and O–H groups in total. The van der Waals surface area contributed by atoms with Crippen LogP contribution < -0.4 is 9.62 Å². The molecule has 40 heavy (non-hydrogen) atoms. The lowest BCUT2D eigenvalue weighted by molar-refractivity contribution is -0.139. The Morgan fingerprint density at radius 3 is 2.05 bits per heavy atom. The lowest BCUT2D eigenvalue weighted by Crippen LogP contribution is -2.52. The van der Waals surface area contributed by atoms with Crippen LogP contribution in [0.1, 0.15) is 38.3 Å². The van der Waals surface area contributed by atoms with Gasteiger partial charge in [0.1, 0.15) is 12.6 Å². The number of nitrogens with zero attached hydrogens (tertiary/aromatic N) is 2. The van der Waals surface area contributed by atoms with E-state index < -0.39 is 28.5 Å². The molecule has 3 aromatic rings. The summed E-state index contributed by atoms with van der Waals surface area (Å²) >= 11 is 19.2. The Kier molecular flexibility index (Phi) is 10.9. The summed E-state index contributed by atoms with van der Waals surface area (Å²) in [6, 6.07) is 16.5. The van der Waals surface area contributed by atoms with E-state index >= 15 is 0 Å². The number of hydrogen-bond acceptors (Lipinski definition) is 4. The van der Waals surface area contributed by atoms with Gasteiger partial charge in [0.2, 0.25) is 11.8 Å². The first kappa shape index (κ1) is 31.7. The third kappa shape index (κ3) is 7.29. The molecule has 0 unspecified atom stereocenters. The SMILES string of the molecule is CC[C@@H](C)NC(=O)[C@H](C)N(Cc1c(Cl)cccc1Cl)C(=O)CN(c1cccc(Cl)c1C)S(=O)(=O)c1ccccc1. The molecule has 0 radical (unpaired) electrons. The second kappa shape index (κ2) is 13.7. The fourth-order valence-electron chi connectivity index (χ4n) is 4.00. The van der Waals surface area contributed by atoms with Crippen LogP contribution >= 0.6 is 34.8 Å². The van der Waals surface area contributed by atoms with Crippen molar-refractivity contribution in [2.75, 3.05) is 10.8 Å². The number of rotatable bonds is 11. The molecule has 0 fully saturated rings. The van der Waals surface area contributed by atoms with Gasteiger partial charge in [0, 0.05) is 33.2 Å². The Bertz CT molecular complexity index is 1450. The standard InChI is InChI=1S/C29H32Cl3N3O4S/c1-5-19(2)33-29(37)21(4)34(17-23-25(31)14-9-15-26(23)32)28(36)18-35(27-16-10-13-24(30)20(27)3)40(38,39)22-11-7-6-8-12-22/h6-16,19,21H,5,17-18H2,1-4H3,(H,33,37)/t19-,21+/m1/s1. The third-order valence-corrected chi connectivity index (χ3v) is 9.57. The summed E-state index contributed by atoms with van der Waals surface area (Å²) in [4.78, 5) is 28.5. The highest BCUT2D eigenvalue weighted by molar-refractivity contribution is 7.92. The number of sulfonamides is 1. The first-order valence-corrected chi connectivity index (χ1v) is 15.3. The Hall–Kier alpha value is -2.78. The number of carbonyl (C=O) groups excluding carboxylic acids is 2. The molecule has 0 aliphatic heterocycles. The zero-order valence-electron chi connectivity index (χ0n) is 22.7. The van der Waals surface area contributed by atoms with E-state index in [1.54, 1.807) is 68.4 Å². The molecule has 0 heterocycles. The monoisotopic (exact) mass is 623 g/mol. The Labute approximate surface area is 251 Å². The number of benzene rings is 3. The van der Waals surface area contributed by atoms with Crippen molar-refractivity contribution in [1.82, 2.24) is 10.2 Å². The minimum Gasteiger partial charge on any atom is -0.352 e. The number of nitrogens with one attached hydrogen (secondary N) is 1. The topological polar surface area (TPSA) is 86.8 Å². The largest absolute Gasteiger partial charge is 0.352 e. The minimum absolute atomic E-state index is 0.00503. The average molecular weight is 625 g/mol. The predicted octanol–water partition coefficient (Wildman–Crippen LogP) is 6.48. The van der Waals surface area contributed by atoms with E-state index in [0.29, 0.717) is 32.6 Å². The van der Waals surface area contributed by atoms with Gasteiger partial charge in [0.05, 0.1) is 10.6 Å². The zero-order chi connectivity index (χ0) is 29.6. The molecule has 0 aliphatic rings. The van der Waals surface area contributed by atoms with Gasteiger partial charge in [-0.2, -0.15) is 0 Å². The highest BCUT2D eigenvalue weighted by atomic mass is 35.5. The smallest absolute Gasteiger partial charge is 0.264 e. The quantitative estimate of drug-likeness (QED) is 0.265. The van der Waals surface area contributed by atoms with Gasteiger partial charge in [-0.3, -0.25) is 13.9 Å². The van der Waals surface area contributed by atoms with Crippen LogP contribution in [0.3, 0.4) is 0 Å². The normalized spacial score (nSPS) is 12.9. The van der Waals surface area contributed by atoms with E-state index in [2.05, 4.69) is 5.32 Å². The molecule has 0 spiro atoms. The molecule has 3 rings (SSSR count). The fraction of sp³-hybridized carbons (Fsp3) is 0.310. The van der Waals surface area contributed by atoms with Gasteiger partial charge in [-0.05, 0) is 69.2 Å². The van der Waals surface area contributed by atoms with Gasteiger partial charge in [-0.15, -0.1) is 0 Å². The molecule has 2 atom stereocenters. The number of hydrogen-bond donors (Lipinski definition) is 1. The molecule has 0 saturated carbocycles. The molecule has 0 bridgehead atoms. The maximum Gasteiger partial charge on any atom is 0.264 e. The molecule has 0 aromatic heterocycles. The van der Waals surface area contributed by atoms with Crippen LogP contribution in [0, 0.1) is 6.92 Å². The fourth-order valence-corrected chi connectivity index (χ4v) is 6.18. The van der Waals surface area contributed by atoms with Crippen molar-refractivity contribution >= 4 is 62.3 Å². The number of carbonyl (C=O) groups is 2. The van der Waals surface area contributed by atoms with Crippen LogP contribution in [-0.2, 0) is 26.2 Å². The van der Waals surface area contributed by atoms with Crippen molar-refractivity contribution < 1.29 is 18.0 Å². The van der Waals surface area contributed by atoms with E-state index in [0.717, 1.165) is 4.31 Å². The van der Waals surface area contributed by atoms with Gasteiger partial charge in [0.25, 0.3) is 10.0 Å². The maximum atomic E-state index is 14.1. The molecule has 7 nitrogen and oxygen atoms in total. The summed E-state index contributed by atoms with van der Waals surface area (Å²) in [6.07, 6.45) is 0.694. The summed E-state index contributed by atoms with van der Waals surface area (Å²) in [5, 5.41) is 3.87. The first-order valence-electron chi connectivity index (χ1n) is 12.7. The van der Waals surface area contributed by atoms with Gasteiger partial charge in [0.15, 0.2) is 0 Å². The van der Waals surface area contributed by atoms with Gasteiger partial charge in [-0.1, -0.05) is 72.1 Å². The van der Waals surface area contributed by atoms with Crippen molar-refractivity contribution in [1.29, 1.82) is 0 Å². The summed E-state index contributed by atoms with van der Waals surface area (Å²) in [7, 11) is -4.21. The van der Waals surface area contributed by atoms with Gasteiger partial charge >= 0.3 is 0 Å². The summed E-state index contributed by atoms with van der Waals surface area (Å²) in [6.45, 7) is 6.35. The lowest BCUT2D eigenvalue weighted by atomic mass is 10.1.